The molecule has 2 aliphatic heterocycles. The van der Waals surface area contributed by atoms with E-state index in [9.17, 15) is 4.79 Å². The lowest BCUT2D eigenvalue weighted by Gasteiger charge is -2.43. The van der Waals surface area contributed by atoms with Crippen LogP contribution in [0, 0.1) is 0 Å². The lowest BCUT2D eigenvalue weighted by atomic mass is 9.89. The van der Waals surface area contributed by atoms with Gasteiger partial charge in [-0.2, -0.15) is 0 Å². The van der Waals surface area contributed by atoms with Crippen molar-refractivity contribution in [1.29, 1.82) is 0 Å². The van der Waals surface area contributed by atoms with E-state index < -0.39 is 0 Å². The zero-order chi connectivity index (χ0) is 13.8. The quantitative estimate of drug-likeness (QED) is 0.788. The van der Waals surface area contributed by atoms with Gasteiger partial charge in [-0.3, -0.25) is 9.69 Å². The first-order valence-corrected chi connectivity index (χ1v) is 8.11. The number of nitrogens with one attached hydrogen (secondary N) is 2. The Labute approximate surface area is 121 Å². The van der Waals surface area contributed by atoms with Gasteiger partial charge in [-0.25, -0.2) is 0 Å². The Bertz CT molecular complexity index is 330. The van der Waals surface area contributed by atoms with Crippen molar-refractivity contribution in [1.82, 2.24) is 15.5 Å². The van der Waals surface area contributed by atoms with Gasteiger partial charge in [0.2, 0.25) is 5.91 Å². The van der Waals surface area contributed by atoms with E-state index in [4.69, 9.17) is 4.74 Å². The minimum Gasteiger partial charge on any atom is -0.379 e. The molecule has 1 atom stereocenters. The van der Waals surface area contributed by atoms with Gasteiger partial charge < -0.3 is 15.4 Å². The highest BCUT2D eigenvalue weighted by atomic mass is 16.5. The number of morpholine rings is 1. The maximum Gasteiger partial charge on any atom is 0.222 e. The first kappa shape index (κ1) is 14.3. The van der Waals surface area contributed by atoms with Crippen molar-refractivity contribution >= 4 is 5.91 Å². The van der Waals surface area contributed by atoms with Crippen molar-refractivity contribution in [2.75, 3.05) is 39.4 Å². The van der Waals surface area contributed by atoms with Crippen LogP contribution >= 0.6 is 0 Å². The highest BCUT2D eigenvalue weighted by Crippen LogP contribution is 2.38. The maximum atomic E-state index is 12.4. The van der Waals surface area contributed by atoms with E-state index in [0.29, 0.717) is 12.5 Å². The number of hydrogen-bond donors (Lipinski definition) is 2. The molecule has 2 N–H and O–H groups in total. The molecule has 0 aromatic heterocycles. The Balaban J connectivity index is 1.59. The van der Waals surface area contributed by atoms with Crippen molar-refractivity contribution in [3.05, 3.63) is 0 Å². The predicted octanol–water partition coefficient (Wildman–Crippen LogP) is 0.500. The number of hydrogen-bond acceptors (Lipinski definition) is 4. The summed E-state index contributed by atoms with van der Waals surface area (Å²) in [5, 5.41) is 6.51. The minimum atomic E-state index is 0.111. The molecular formula is C15H27N3O2. The molecule has 20 heavy (non-hydrogen) atoms. The summed E-state index contributed by atoms with van der Waals surface area (Å²) in [6.45, 7) is 5.55. The van der Waals surface area contributed by atoms with E-state index in [1.807, 2.05) is 0 Å². The van der Waals surface area contributed by atoms with Crippen LogP contribution in [0.2, 0.25) is 0 Å². The molecule has 1 amide bonds. The minimum absolute atomic E-state index is 0.111. The van der Waals surface area contributed by atoms with Crippen molar-refractivity contribution in [3.63, 3.8) is 0 Å². The summed E-state index contributed by atoms with van der Waals surface area (Å²) >= 11 is 0. The number of ether oxygens (including phenoxy) is 1. The van der Waals surface area contributed by atoms with Crippen LogP contribution in [0.4, 0.5) is 0 Å². The van der Waals surface area contributed by atoms with Gasteiger partial charge in [0.05, 0.1) is 13.2 Å². The van der Waals surface area contributed by atoms with Crippen LogP contribution in [0.1, 0.15) is 38.5 Å². The number of carbonyl (C=O) groups is 1. The molecule has 1 saturated carbocycles. The third-order valence-corrected chi connectivity index (χ3v) is 5.13. The largest absolute Gasteiger partial charge is 0.379 e. The van der Waals surface area contributed by atoms with Gasteiger partial charge in [0.1, 0.15) is 0 Å². The summed E-state index contributed by atoms with van der Waals surface area (Å²) in [5.74, 6) is 0.243. The molecule has 2 heterocycles. The molecular weight excluding hydrogens is 254 g/mol. The van der Waals surface area contributed by atoms with E-state index in [0.717, 1.165) is 45.8 Å². The van der Waals surface area contributed by atoms with Gasteiger partial charge in [-0.05, 0) is 25.8 Å². The molecule has 0 radical (unpaired) electrons. The first-order valence-electron chi connectivity index (χ1n) is 8.11. The average molecular weight is 281 g/mol. The smallest absolute Gasteiger partial charge is 0.222 e. The lowest BCUT2D eigenvalue weighted by molar-refractivity contribution is -0.126. The number of carbonyl (C=O) groups excluding carboxylic acids is 1. The molecule has 114 valence electrons. The molecule has 5 heteroatoms. The molecule has 5 nitrogen and oxygen atoms in total. The second kappa shape index (κ2) is 6.41. The highest BCUT2D eigenvalue weighted by molar-refractivity contribution is 5.77. The van der Waals surface area contributed by atoms with E-state index in [1.54, 1.807) is 0 Å². The van der Waals surface area contributed by atoms with Crippen molar-refractivity contribution < 1.29 is 9.53 Å². The Morgan fingerprint density at radius 3 is 2.70 bits per heavy atom. The Kier molecular flexibility index (Phi) is 4.58. The van der Waals surface area contributed by atoms with E-state index in [2.05, 4.69) is 15.5 Å². The van der Waals surface area contributed by atoms with Crippen LogP contribution in [-0.2, 0) is 9.53 Å². The van der Waals surface area contributed by atoms with Gasteiger partial charge in [0, 0.05) is 37.6 Å². The van der Waals surface area contributed by atoms with E-state index in [-0.39, 0.29) is 11.4 Å². The van der Waals surface area contributed by atoms with E-state index >= 15 is 0 Å². The maximum absolute atomic E-state index is 12.4. The van der Waals surface area contributed by atoms with Crippen molar-refractivity contribution in [3.8, 4) is 0 Å². The molecule has 3 rings (SSSR count). The molecule has 2 saturated heterocycles. The second-order valence-corrected chi connectivity index (χ2v) is 6.46. The van der Waals surface area contributed by atoms with Crippen molar-refractivity contribution in [2.24, 2.45) is 0 Å². The molecule has 0 aromatic rings. The fourth-order valence-corrected chi connectivity index (χ4v) is 4.03. The zero-order valence-corrected chi connectivity index (χ0v) is 12.3. The molecule has 3 fully saturated rings. The topological polar surface area (TPSA) is 53.6 Å². The van der Waals surface area contributed by atoms with Crippen LogP contribution in [0.5, 0.6) is 0 Å². The summed E-state index contributed by atoms with van der Waals surface area (Å²) < 4.78 is 5.47. The summed E-state index contributed by atoms with van der Waals surface area (Å²) in [5.41, 5.74) is 0.111. The SMILES string of the molecule is O=C(CC1(N2CCOCC2)CCCC1)NC1CCNC1. The molecule has 0 aromatic carbocycles. The number of amides is 1. The lowest BCUT2D eigenvalue weighted by Crippen LogP contribution is -2.54. The Morgan fingerprint density at radius 1 is 1.30 bits per heavy atom. The third kappa shape index (κ3) is 3.15. The van der Waals surface area contributed by atoms with E-state index in [1.165, 1.54) is 25.7 Å². The molecule has 0 bridgehead atoms. The molecule has 1 aliphatic carbocycles. The Hall–Kier alpha value is -0.650. The van der Waals surface area contributed by atoms with Crippen LogP contribution in [0.25, 0.3) is 0 Å². The summed E-state index contributed by atoms with van der Waals surface area (Å²) in [7, 11) is 0. The van der Waals surface area contributed by atoms with Crippen LogP contribution < -0.4 is 10.6 Å². The van der Waals surface area contributed by atoms with Crippen LogP contribution in [0.3, 0.4) is 0 Å². The first-order chi connectivity index (χ1) is 9.78. The van der Waals surface area contributed by atoms with Crippen LogP contribution in [0.15, 0.2) is 0 Å². The van der Waals surface area contributed by atoms with Gasteiger partial charge in [0.15, 0.2) is 0 Å². The monoisotopic (exact) mass is 281 g/mol. The fraction of sp³-hybridized carbons (Fsp3) is 0.933. The normalized spacial score (nSPS) is 30.5. The van der Waals surface area contributed by atoms with Crippen molar-refractivity contribution in [2.45, 2.75) is 50.1 Å². The predicted molar refractivity (Wildman–Crippen MR) is 77.6 cm³/mol. The fourth-order valence-electron chi connectivity index (χ4n) is 4.03. The van der Waals surface area contributed by atoms with Gasteiger partial charge >= 0.3 is 0 Å². The molecule has 1 unspecified atom stereocenters. The molecule has 0 spiro atoms. The average Bonchev–Trinajstić information content (AvgIpc) is 3.12. The van der Waals surface area contributed by atoms with Gasteiger partial charge in [0.25, 0.3) is 0 Å². The number of nitrogens with zero attached hydrogens (tertiary/aromatic N) is 1. The Morgan fingerprint density at radius 2 is 2.05 bits per heavy atom. The highest BCUT2D eigenvalue weighted by Gasteiger charge is 2.41. The summed E-state index contributed by atoms with van der Waals surface area (Å²) in [6, 6.07) is 0.339. The third-order valence-electron chi connectivity index (χ3n) is 5.13. The summed E-state index contributed by atoms with van der Waals surface area (Å²) in [6.07, 6.45) is 6.59. The standard InChI is InChI=1S/C15H27N3O2/c19-14(17-13-3-6-16-12-13)11-15(4-1-2-5-15)18-7-9-20-10-8-18/h13,16H,1-12H2,(H,17,19). The molecule has 3 aliphatic rings. The summed E-state index contributed by atoms with van der Waals surface area (Å²) in [4.78, 5) is 14.9. The van der Waals surface area contributed by atoms with Crippen LogP contribution in [-0.4, -0.2) is 61.8 Å². The van der Waals surface area contributed by atoms with Gasteiger partial charge in [-0.15, -0.1) is 0 Å². The zero-order valence-electron chi connectivity index (χ0n) is 12.3. The van der Waals surface area contributed by atoms with Gasteiger partial charge in [-0.1, -0.05) is 12.8 Å². The number of rotatable bonds is 4. The second-order valence-electron chi connectivity index (χ2n) is 6.46.